The van der Waals surface area contributed by atoms with E-state index >= 15 is 0 Å². The smallest absolute Gasteiger partial charge is 0.261 e. The molecule has 1 fully saturated rings. The van der Waals surface area contributed by atoms with Crippen LogP contribution in [0.15, 0.2) is 0 Å². The Kier molecular flexibility index (Phi) is 4.16. The lowest BCUT2D eigenvalue weighted by Gasteiger charge is -2.34. The number of hydrogen-bond donors (Lipinski definition) is 3. The van der Waals surface area contributed by atoms with E-state index in [4.69, 9.17) is 11.5 Å². The van der Waals surface area contributed by atoms with Gasteiger partial charge in [-0.1, -0.05) is 0 Å². The van der Waals surface area contributed by atoms with Gasteiger partial charge in [-0.3, -0.25) is 4.79 Å². The number of carbonyl (C=O) groups excluding carboxylic acids is 1. The molecule has 108 valence electrons. The molecule has 0 bridgehead atoms. The second-order valence-electron chi connectivity index (χ2n) is 5.07. The molecule has 7 heteroatoms. The van der Waals surface area contributed by atoms with E-state index in [0.29, 0.717) is 10.6 Å². The predicted molar refractivity (Wildman–Crippen MR) is 78.6 cm³/mol. The highest BCUT2D eigenvalue weighted by Crippen LogP contribution is 2.39. The largest absolute Gasteiger partial charge is 0.396 e. The summed E-state index contributed by atoms with van der Waals surface area (Å²) < 4.78 is 0. The number of amides is 1. The van der Waals surface area contributed by atoms with Crippen LogP contribution in [0.1, 0.15) is 35.0 Å². The number of hydrogen-bond acceptors (Lipinski definition) is 6. The summed E-state index contributed by atoms with van der Waals surface area (Å²) in [6, 6.07) is 2.06. The van der Waals surface area contributed by atoms with Crippen LogP contribution in [-0.4, -0.2) is 30.2 Å². The van der Waals surface area contributed by atoms with Gasteiger partial charge in [0.2, 0.25) is 0 Å². The first-order valence-electron chi connectivity index (χ1n) is 6.50. The van der Waals surface area contributed by atoms with Crippen LogP contribution in [0, 0.1) is 17.2 Å². The van der Waals surface area contributed by atoms with Crippen LogP contribution in [0.4, 0.5) is 10.7 Å². The zero-order chi connectivity index (χ0) is 14.9. The van der Waals surface area contributed by atoms with Gasteiger partial charge in [0.05, 0.1) is 11.8 Å². The van der Waals surface area contributed by atoms with Gasteiger partial charge in [-0.2, -0.15) is 5.26 Å². The highest BCUT2D eigenvalue weighted by atomic mass is 32.1. The van der Waals surface area contributed by atoms with E-state index in [1.165, 1.54) is 11.3 Å². The van der Waals surface area contributed by atoms with Crippen LogP contribution in [-0.2, 0) is 0 Å². The molecule has 1 saturated heterocycles. The lowest BCUT2D eigenvalue weighted by Crippen LogP contribution is -2.36. The Morgan fingerprint density at radius 2 is 2.15 bits per heavy atom. The average molecular weight is 294 g/mol. The molecule has 5 N–H and O–H groups in total. The number of nitrogens with two attached hydrogens (primary N) is 2. The van der Waals surface area contributed by atoms with Gasteiger partial charge in [-0.25, -0.2) is 0 Å². The zero-order valence-corrected chi connectivity index (χ0v) is 12.1. The molecule has 1 aliphatic rings. The van der Waals surface area contributed by atoms with Crippen molar-refractivity contribution in [3.8, 4) is 6.07 Å². The minimum absolute atomic E-state index is 0.178. The summed E-state index contributed by atoms with van der Waals surface area (Å²) in [4.78, 5) is 13.6. The van der Waals surface area contributed by atoms with Crippen molar-refractivity contribution in [2.24, 2.45) is 11.7 Å². The third kappa shape index (κ3) is 2.57. The van der Waals surface area contributed by atoms with Crippen LogP contribution in [0.25, 0.3) is 0 Å². The third-order valence-electron chi connectivity index (χ3n) is 3.77. The van der Waals surface area contributed by atoms with Gasteiger partial charge < -0.3 is 21.5 Å². The first-order chi connectivity index (χ1) is 9.45. The molecular weight excluding hydrogens is 276 g/mol. The van der Waals surface area contributed by atoms with E-state index in [1.807, 2.05) is 4.90 Å². The minimum atomic E-state index is -0.603. The lowest BCUT2D eigenvalue weighted by atomic mass is 9.92. The number of nitrogen functional groups attached to an aromatic ring is 1. The molecule has 0 spiro atoms. The van der Waals surface area contributed by atoms with Gasteiger partial charge in [-0.05, 0) is 25.7 Å². The van der Waals surface area contributed by atoms with Crippen molar-refractivity contribution < 1.29 is 9.90 Å². The molecule has 1 aromatic rings. The van der Waals surface area contributed by atoms with Crippen molar-refractivity contribution in [3.63, 3.8) is 0 Å². The molecule has 1 aliphatic heterocycles. The number of nitrogens with zero attached hydrogens (tertiary/aromatic N) is 2. The van der Waals surface area contributed by atoms with Crippen molar-refractivity contribution in [1.82, 2.24) is 0 Å². The van der Waals surface area contributed by atoms with E-state index in [1.54, 1.807) is 6.92 Å². The molecule has 6 nitrogen and oxygen atoms in total. The molecule has 1 amide bonds. The van der Waals surface area contributed by atoms with Crippen molar-refractivity contribution in [3.05, 3.63) is 10.4 Å². The van der Waals surface area contributed by atoms with Gasteiger partial charge in [-0.15, -0.1) is 11.3 Å². The van der Waals surface area contributed by atoms with E-state index in [9.17, 15) is 15.2 Å². The van der Waals surface area contributed by atoms with Crippen molar-refractivity contribution in [2.75, 3.05) is 23.7 Å². The summed E-state index contributed by atoms with van der Waals surface area (Å²) >= 11 is 1.18. The first kappa shape index (κ1) is 14.6. The summed E-state index contributed by atoms with van der Waals surface area (Å²) in [6.45, 7) is 3.28. The summed E-state index contributed by atoms with van der Waals surface area (Å²) in [7, 11) is 0. The van der Waals surface area contributed by atoms with E-state index in [-0.39, 0.29) is 22.6 Å². The van der Waals surface area contributed by atoms with Gasteiger partial charge >= 0.3 is 0 Å². The number of nitriles is 1. The molecule has 0 radical (unpaired) electrons. The molecular formula is C13H18N4O2S. The number of primary amides is 1. The number of aliphatic hydroxyl groups is 1. The number of thiophene rings is 1. The van der Waals surface area contributed by atoms with E-state index in [0.717, 1.165) is 25.9 Å². The summed E-state index contributed by atoms with van der Waals surface area (Å²) in [5.74, 6) is -0.321. The summed E-state index contributed by atoms with van der Waals surface area (Å²) in [5.41, 5.74) is 11.6. The Balaban J connectivity index is 2.24. The maximum atomic E-state index is 11.3. The topological polar surface area (TPSA) is 116 Å². The van der Waals surface area contributed by atoms with Crippen LogP contribution >= 0.6 is 11.3 Å². The first-order valence-corrected chi connectivity index (χ1v) is 7.32. The Morgan fingerprint density at radius 1 is 1.55 bits per heavy atom. The van der Waals surface area contributed by atoms with Crippen molar-refractivity contribution in [1.29, 1.82) is 5.26 Å². The molecule has 1 atom stereocenters. The number of aliphatic hydroxyl groups excluding tert-OH is 1. The van der Waals surface area contributed by atoms with Crippen LogP contribution in [0.2, 0.25) is 0 Å². The quantitative estimate of drug-likeness (QED) is 0.765. The van der Waals surface area contributed by atoms with Gasteiger partial charge in [0.25, 0.3) is 5.91 Å². The fourth-order valence-electron chi connectivity index (χ4n) is 2.53. The third-order valence-corrected chi connectivity index (χ3v) is 5.05. The van der Waals surface area contributed by atoms with Crippen molar-refractivity contribution >= 4 is 27.9 Å². The van der Waals surface area contributed by atoms with Crippen molar-refractivity contribution in [2.45, 2.75) is 25.9 Å². The molecule has 2 heterocycles. The number of piperidine rings is 1. The van der Waals surface area contributed by atoms with E-state index < -0.39 is 5.91 Å². The molecule has 0 saturated carbocycles. The zero-order valence-electron chi connectivity index (χ0n) is 11.3. The molecule has 0 aliphatic carbocycles. The minimum Gasteiger partial charge on any atom is -0.396 e. The van der Waals surface area contributed by atoms with Gasteiger partial charge in [0, 0.05) is 13.1 Å². The second kappa shape index (κ2) is 5.69. The van der Waals surface area contributed by atoms with E-state index in [2.05, 4.69) is 6.07 Å². The highest BCUT2D eigenvalue weighted by Gasteiger charge is 2.28. The van der Waals surface area contributed by atoms with Gasteiger partial charge in [0.1, 0.15) is 21.5 Å². The predicted octanol–water partition coefficient (Wildman–Crippen LogP) is 0.898. The Morgan fingerprint density at radius 3 is 2.60 bits per heavy atom. The molecule has 2 rings (SSSR count). The number of anilines is 2. The summed E-state index contributed by atoms with van der Waals surface area (Å²) in [6.07, 6.45) is 1.39. The SMILES string of the molecule is CC(O)C1CCN(c2sc(C(N)=O)c(N)c2C#N)CC1. The molecule has 1 aromatic heterocycles. The Labute approximate surface area is 121 Å². The Hall–Kier alpha value is -1.78. The van der Waals surface area contributed by atoms with Gasteiger partial charge in [0.15, 0.2) is 0 Å². The molecule has 0 aromatic carbocycles. The number of carbonyl (C=O) groups is 1. The van der Waals surface area contributed by atoms with Crippen LogP contribution < -0.4 is 16.4 Å². The highest BCUT2D eigenvalue weighted by molar-refractivity contribution is 7.19. The normalized spacial score (nSPS) is 17.8. The monoisotopic (exact) mass is 294 g/mol. The second-order valence-corrected chi connectivity index (χ2v) is 6.07. The fourth-order valence-corrected chi connectivity index (χ4v) is 3.61. The molecule has 1 unspecified atom stereocenters. The number of rotatable bonds is 3. The molecule has 20 heavy (non-hydrogen) atoms. The average Bonchev–Trinajstić information content (AvgIpc) is 2.75. The standard InChI is InChI=1S/C13H18N4O2S/c1-7(18)8-2-4-17(5-3-8)13-9(6-14)10(15)11(20-13)12(16)19/h7-8,18H,2-5,15H2,1H3,(H2,16,19). The van der Waals surface area contributed by atoms with Crippen LogP contribution in [0.5, 0.6) is 0 Å². The van der Waals surface area contributed by atoms with Crippen LogP contribution in [0.3, 0.4) is 0 Å². The maximum absolute atomic E-state index is 11.3. The summed E-state index contributed by atoms with van der Waals surface area (Å²) in [5, 5.41) is 19.5. The lowest BCUT2D eigenvalue weighted by molar-refractivity contribution is 0.100. The Bertz CT molecular complexity index is 553. The maximum Gasteiger partial charge on any atom is 0.261 e. The fraction of sp³-hybridized carbons (Fsp3) is 0.538.